The van der Waals surface area contributed by atoms with Gasteiger partial charge in [0, 0.05) is 25.6 Å². The monoisotopic (exact) mass is 493 g/mol. The van der Waals surface area contributed by atoms with Crippen molar-refractivity contribution in [2.75, 3.05) is 13.6 Å². The SMILES string of the molecule is CCN(C)C=C(C)C(C)C1=C(C)CCCC=C(OC(C)c2cc(F)cc(F)c2)C(Br)=C1. The van der Waals surface area contributed by atoms with Gasteiger partial charge in [-0.2, -0.15) is 0 Å². The van der Waals surface area contributed by atoms with Gasteiger partial charge in [0.2, 0.25) is 0 Å². The summed E-state index contributed by atoms with van der Waals surface area (Å²) in [6.45, 7) is 11.5. The molecule has 1 aromatic rings. The number of allylic oxidation sites excluding steroid dienone is 6. The van der Waals surface area contributed by atoms with Gasteiger partial charge in [-0.3, -0.25) is 0 Å². The molecule has 0 saturated carbocycles. The van der Waals surface area contributed by atoms with E-state index < -0.39 is 17.7 Å². The lowest BCUT2D eigenvalue weighted by Crippen LogP contribution is -2.12. The van der Waals surface area contributed by atoms with Crippen molar-refractivity contribution < 1.29 is 13.5 Å². The Hall–Kier alpha value is -1.88. The molecule has 5 heteroatoms. The van der Waals surface area contributed by atoms with Crippen LogP contribution in [-0.4, -0.2) is 18.5 Å². The van der Waals surface area contributed by atoms with Crippen molar-refractivity contribution in [2.45, 2.75) is 60.0 Å². The zero-order chi connectivity index (χ0) is 23.1. The van der Waals surface area contributed by atoms with Crippen LogP contribution >= 0.6 is 15.9 Å². The van der Waals surface area contributed by atoms with Gasteiger partial charge in [-0.1, -0.05) is 18.1 Å². The Kier molecular flexibility index (Phi) is 9.54. The molecule has 2 unspecified atom stereocenters. The largest absolute Gasteiger partial charge is 0.485 e. The number of halogens is 3. The van der Waals surface area contributed by atoms with Gasteiger partial charge in [0.1, 0.15) is 23.5 Å². The molecule has 170 valence electrons. The van der Waals surface area contributed by atoms with E-state index in [1.165, 1.54) is 28.9 Å². The molecule has 0 aliphatic heterocycles. The van der Waals surface area contributed by atoms with Crippen LogP contribution in [-0.2, 0) is 4.74 Å². The molecule has 1 aromatic carbocycles. The van der Waals surface area contributed by atoms with E-state index in [1.807, 2.05) is 0 Å². The quantitative estimate of drug-likeness (QED) is 0.379. The zero-order valence-corrected chi connectivity index (χ0v) is 21.0. The summed E-state index contributed by atoms with van der Waals surface area (Å²) in [5, 5.41) is 0. The van der Waals surface area contributed by atoms with E-state index in [9.17, 15) is 8.78 Å². The van der Waals surface area contributed by atoms with E-state index in [4.69, 9.17) is 4.74 Å². The average Bonchev–Trinajstić information content (AvgIpc) is 2.77. The summed E-state index contributed by atoms with van der Waals surface area (Å²) in [5.74, 6) is -0.241. The second-order valence-electron chi connectivity index (χ2n) is 8.32. The smallest absolute Gasteiger partial charge is 0.130 e. The topological polar surface area (TPSA) is 12.5 Å². The Balaban J connectivity index is 2.33. The van der Waals surface area contributed by atoms with Crippen molar-refractivity contribution in [3.05, 3.63) is 80.7 Å². The molecule has 0 spiro atoms. The summed E-state index contributed by atoms with van der Waals surface area (Å²) < 4.78 is 34.3. The Morgan fingerprint density at radius 2 is 1.87 bits per heavy atom. The molecular weight excluding hydrogens is 460 g/mol. The highest BCUT2D eigenvalue weighted by atomic mass is 79.9. The van der Waals surface area contributed by atoms with E-state index in [0.29, 0.717) is 11.3 Å². The van der Waals surface area contributed by atoms with Gasteiger partial charge in [-0.25, -0.2) is 8.78 Å². The molecular formula is C26H34BrF2NO. The molecule has 1 aliphatic rings. The van der Waals surface area contributed by atoms with E-state index >= 15 is 0 Å². The van der Waals surface area contributed by atoms with Crippen LogP contribution in [0.5, 0.6) is 0 Å². The summed E-state index contributed by atoms with van der Waals surface area (Å²) >= 11 is 3.71. The summed E-state index contributed by atoms with van der Waals surface area (Å²) in [5.41, 5.74) is 4.40. The minimum atomic E-state index is -0.600. The molecule has 0 heterocycles. The van der Waals surface area contributed by atoms with Crippen LogP contribution in [0.4, 0.5) is 8.78 Å². The fourth-order valence-electron chi connectivity index (χ4n) is 3.64. The molecule has 1 aliphatic carbocycles. The lowest BCUT2D eigenvalue weighted by Gasteiger charge is -2.22. The third-order valence-electron chi connectivity index (χ3n) is 5.83. The van der Waals surface area contributed by atoms with Gasteiger partial charge in [0.05, 0.1) is 4.48 Å². The maximum absolute atomic E-state index is 13.6. The van der Waals surface area contributed by atoms with Crippen LogP contribution < -0.4 is 0 Å². The molecule has 0 saturated heterocycles. The van der Waals surface area contributed by atoms with E-state index in [1.54, 1.807) is 6.92 Å². The third-order valence-corrected chi connectivity index (χ3v) is 6.45. The van der Waals surface area contributed by atoms with Crippen LogP contribution in [0.1, 0.15) is 65.5 Å². The average molecular weight is 494 g/mol. The highest BCUT2D eigenvalue weighted by Crippen LogP contribution is 2.34. The zero-order valence-electron chi connectivity index (χ0n) is 19.4. The third kappa shape index (κ3) is 7.34. The number of benzene rings is 1. The molecule has 2 atom stereocenters. The second-order valence-corrected chi connectivity index (χ2v) is 9.17. The van der Waals surface area contributed by atoms with Crippen LogP contribution in [0.2, 0.25) is 0 Å². The van der Waals surface area contributed by atoms with Crippen molar-refractivity contribution in [1.29, 1.82) is 0 Å². The van der Waals surface area contributed by atoms with Crippen molar-refractivity contribution in [1.82, 2.24) is 4.90 Å². The fraction of sp³-hybridized carbons (Fsp3) is 0.462. The Bertz CT molecular complexity index is 880. The summed E-state index contributed by atoms with van der Waals surface area (Å²) in [6.07, 6.45) is 8.82. The van der Waals surface area contributed by atoms with Crippen LogP contribution in [0.15, 0.2) is 63.5 Å². The van der Waals surface area contributed by atoms with Gasteiger partial charge >= 0.3 is 0 Å². The fourth-order valence-corrected chi connectivity index (χ4v) is 4.14. The van der Waals surface area contributed by atoms with Gasteiger partial charge in [-0.15, -0.1) is 0 Å². The van der Waals surface area contributed by atoms with Crippen molar-refractivity contribution in [2.24, 2.45) is 5.92 Å². The molecule has 0 amide bonds. The molecule has 0 radical (unpaired) electrons. The summed E-state index contributed by atoms with van der Waals surface area (Å²) in [6, 6.07) is 3.51. The highest BCUT2D eigenvalue weighted by Gasteiger charge is 2.18. The standard InChI is InChI=1S/C26H34BrF2NO/c1-7-30(6)16-18(3)19(4)24-15-25(27)26(11-9-8-10-17(24)2)31-20(5)21-12-22(28)14-23(29)13-21/h11-16,19-20H,7-10H2,1-6H3. The first-order valence-electron chi connectivity index (χ1n) is 10.9. The maximum atomic E-state index is 13.6. The Labute approximate surface area is 194 Å². The normalized spacial score (nSPS) is 17.8. The lowest BCUT2D eigenvalue weighted by atomic mass is 9.89. The first-order chi connectivity index (χ1) is 14.6. The second kappa shape index (κ2) is 11.7. The van der Waals surface area contributed by atoms with E-state index in [-0.39, 0.29) is 5.92 Å². The van der Waals surface area contributed by atoms with Crippen molar-refractivity contribution in [3.63, 3.8) is 0 Å². The number of ether oxygens (including phenoxy) is 1. The van der Waals surface area contributed by atoms with Crippen molar-refractivity contribution >= 4 is 15.9 Å². The molecule has 31 heavy (non-hydrogen) atoms. The van der Waals surface area contributed by atoms with E-state index in [2.05, 4.69) is 73.9 Å². The molecule has 2 rings (SSSR count). The Morgan fingerprint density at radius 1 is 1.23 bits per heavy atom. The minimum Gasteiger partial charge on any atom is -0.485 e. The minimum absolute atomic E-state index is 0.260. The van der Waals surface area contributed by atoms with Gasteiger partial charge in [-0.05, 0) is 105 Å². The van der Waals surface area contributed by atoms with Gasteiger partial charge < -0.3 is 9.64 Å². The molecule has 2 nitrogen and oxygen atoms in total. The van der Waals surface area contributed by atoms with Gasteiger partial charge in [0.15, 0.2) is 0 Å². The lowest BCUT2D eigenvalue weighted by molar-refractivity contribution is 0.140. The molecule has 0 N–H and O–H groups in total. The van der Waals surface area contributed by atoms with Crippen LogP contribution in [0.3, 0.4) is 0 Å². The Morgan fingerprint density at radius 3 is 2.48 bits per heavy atom. The summed E-state index contributed by atoms with van der Waals surface area (Å²) in [7, 11) is 2.08. The molecule has 0 aromatic heterocycles. The van der Waals surface area contributed by atoms with Crippen molar-refractivity contribution in [3.8, 4) is 0 Å². The predicted octanol–water partition coefficient (Wildman–Crippen LogP) is 8.20. The predicted molar refractivity (Wildman–Crippen MR) is 129 cm³/mol. The number of hydrogen-bond acceptors (Lipinski definition) is 2. The van der Waals surface area contributed by atoms with Gasteiger partial charge in [0.25, 0.3) is 0 Å². The summed E-state index contributed by atoms with van der Waals surface area (Å²) in [4.78, 5) is 2.18. The van der Waals surface area contributed by atoms with Crippen LogP contribution in [0, 0.1) is 17.6 Å². The first kappa shape index (κ1) is 25.4. The van der Waals surface area contributed by atoms with Crippen LogP contribution in [0.25, 0.3) is 0 Å². The van der Waals surface area contributed by atoms with E-state index in [0.717, 1.165) is 36.4 Å². The number of hydrogen-bond donors (Lipinski definition) is 0. The molecule has 0 fully saturated rings. The maximum Gasteiger partial charge on any atom is 0.130 e. The number of nitrogens with zero attached hydrogens (tertiary/aromatic N) is 1. The highest BCUT2D eigenvalue weighted by molar-refractivity contribution is 9.12. The molecule has 0 bridgehead atoms. The first-order valence-corrected chi connectivity index (χ1v) is 11.7. The number of rotatable bonds is 7.